The van der Waals surface area contributed by atoms with Crippen LogP contribution < -0.4 is 9.64 Å². The molecule has 0 heterocycles. The Hall–Kier alpha value is -2.21. The number of rotatable bonds is 5. The average Bonchev–Trinajstić information content (AvgIpc) is 2.55. The molecule has 0 radical (unpaired) electrons. The third-order valence-corrected chi connectivity index (χ3v) is 4.18. The van der Waals surface area contributed by atoms with Gasteiger partial charge in [-0.05, 0) is 40.0 Å². The van der Waals surface area contributed by atoms with Crippen molar-refractivity contribution in [2.24, 2.45) is 0 Å². The first-order valence-corrected chi connectivity index (χ1v) is 7.82. The van der Waals surface area contributed by atoms with E-state index >= 15 is 0 Å². The molecule has 122 valence electrons. The zero-order valence-corrected chi connectivity index (χ0v) is 14.5. The molecule has 23 heavy (non-hydrogen) atoms. The van der Waals surface area contributed by atoms with Crippen molar-refractivity contribution < 1.29 is 19.7 Å². The van der Waals surface area contributed by atoms with Gasteiger partial charge in [-0.3, -0.25) is 4.79 Å². The van der Waals surface area contributed by atoms with Crippen LogP contribution in [0, 0.1) is 0 Å². The first kappa shape index (κ1) is 17.1. The molecule has 0 atom stereocenters. The van der Waals surface area contributed by atoms with Crippen LogP contribution in [0.5, 0.6) is 17.2 Å². The first-order chi connectivity index (χ1) is 10.9. The first-order valence-electron chi connectivity index (χ1n) is 7.03. The van der Waals surface area contributed by atoms with Gasteiger partial charge in [0.2, 0.25) is 5.91 Å². The summed E-state index contributed by atoms with van der Waals surface area (Å²) >= 11 is 3.38. The molecule has 2 N–H and O–H groups in total. The Morgan fingerprint density at radius 2 is 1.87 bits per heavy atom. The highest BCUT2D eigenvalue weighted by Gasteiger charge is 2.16. The number of phenolic OH excluding ortho intramolecular Hbond substituents is 2. The van der Waals surface area contributed by atoms with Gasteiger partial charge in [-0.2, -0.15) is 0 Å². The molecule has 0 aliphatic carbocycles. The van der Waals surface area contributed by atoms with Gasteiger partial charge in [0.1, 0.15) is 5.75 Å². The second-order valence-corrected chi connectivity index (χ2v) is 5.95. The number of phenols is 2. The number of carbonyl (C=O) groups excluding carboxylic acids is 1. The summed E-state index contributed by atoms with van der Waals surface area (Å²) < 4.78 is 5.69. The predicted molar refractivity (Wildman–Crippen MR) is 92.2 cm³/mol. The summed E-state index contributed by atoms with van der Waals surface area (Å²) in [4.78, 5) is 13.8. The Labute approximate surface area is 143 Å². The van der Waals surface area contributed by atoms with Crippen LogP contribution in [0.25, 0.3) is 0 Å². The second kappa shape index (κ2) is 7.37. The van der Waals surface area contributed by atoms with E-state index in [4.69, 9.17) is 4.74 Å². The number of halogens is 1. The fraction of sp³-hybridized carbons (Fsp3) is 0.235. The van der Waals surface area contributed by atoms with Crippen LogP contribution in [0.3, 0.4) is 0 Å². The number of nitrogens with zero attached hydrogens (tertiary/aromatic N) is 1. The van der Waals surface area contributed by atoms with E-state index in [1.165, 1.54) is 18.1 Å². The van der Waals surface area contributed by atoms with Gasteiger partial charge in [-0.15, -0.1) is 0 Å². The van der Waals surface area contributed by atoms with Gasteiger partial charge >= 0.3 is 0 Å². The fourth-order valence-electron chi connectivity index (χ4n) is 2.17. The van der Waals surface area contributed by atoms with Crippen molar-refractivity contribution in [3.8, 4) is 17.2 Å². The lowest BCUT2D eigenvalue weighted by Gasteiger charge is -2.20. The molecule has 0 saturated carbocycles. The third-order valence-electron chi connectivity index (χ3n) is 3.55. The maximum atomic E-state index is 12.3. The SMILES string of the molecule is COc1cc(Br)c(N(C)C(=O)CCc2ccc(O)cc2)cc1O. The Kier molecular flexibility index (Phi) is 5.50. The monoisotopic (exact) mass is 379 g/mol. The van der Waals surface area contributed by atoms with Gasteiger partial charge in [-0.1, -0.05) is 12.1 Å². The summed E-state index contributed by atoms with van der Waals surface area (Å²) in [5, 5.41) is 19.1. The van der Waals surface area contributed by atoms with E-state index in [9.17, 15) is 15.0 Å². The van der Waals surface area contributed by atoms with E-state index in [0.717, 1.165) is 5.56 Å². The average molecular weight is 380 g/mol. The standard InChI is InChI=1S/C17H18BrNO4/c1-19(14-10-15(21)16(23-2)9-13(14)18)17(22)8-5-11-3-6-12(20)7-4-11/h3-4,6-7,9-10,20-21H,5,8H2,1-2H3. The van der Waals surface area contributed by atoms with Gasteiger partial charge < -0.3 is 19.8 Å². The topological polar surface area (TPSA) is 70.0 Å². The van der Waals surface area contributed by atoms with Crippen LogP contribution in [-0.4, -0.2) is 30.3 Å². The normalized spacial score (nSPS) is 10.4. The molecule has 0 saturated heterocycles. The van der Waals surface area contributed by atoms with E-state index in [0.29, 0.717) is 28.8 Å². The number of benzene rings is 2. The lowest BCUT2D eigenvalue weighted by Crippen LogP contribution is -2.26. The number of carbonyl (C=O) groups is 1. The summed E-state index contributed by atoms with van der Waals surface area (Å²) in [7, 11) is 3.12. The Balaban J connectivity index is 2.07. The Morgan fingerprint density at radius 1 is 1.22 bits per heavy atom. The van der Waals surface area contributed by atoms with Crippen LogP contribution in [0.4, 0.5) is 5.69 Å². The van der Waals surface area contributed by atoms with Crippen molar-refractivity contribution in [1.82, 2.24) is 0 Å². The molecule has 2 aromatic carbocycles. The van der Waals surface area contributed by atoms with Crippen LogP contribution in [-0.2, 0) is 11.2 Å². The number of ether oxygens (including phenoxy) is 1. The maximum Gasteiger partial charge on any atom is 0.227 e. The van der Waals surface area contributed by atoms with E-state index < -0.39 is 0 Å². The van der Waals surface area contributed by atoms with Crippen molar-refractivity contribution in [2.45, 2.75) is 12.8 Å². The summed E-state index contributed by atoms with van der Waals surface area (Å²) in [6.07, 6.45) is 0.893. The molecule has 0 bridgehead atoms. The van der Waals surface area contributed by atoms with Crippen molar-refractivity contribution in [3.63, 3.8) is 0 Å². The summed E-state index contributed by atoms with van der Waals surface area (Å²) in [5.41, 5.74) is 1.54. The van der Waals surface area contributed by atoms with Gasteiger partial charge in [0, 0.05) is 30.1 Å². The number of aromatic hydroxyl groups is 2. The summed E-state index contributed by atoms with van der Waals surface area (Å²) in [5.74, 6) is 0.438. The highest BCUT2D eigenvalue weighted by Crippen LogP contribution is 2.37. The molecule has 2 rings (SSSR count). The number of anilines is 1. The minimum absolute atomic E-state index is 0.0242. The molecular formula is C17H18BrNO4. The fourth-order valence-corrected chi connectivity index (χ4v) is 2.76. The summed E-state index contributed by atoms with van der Waals surface area (Å²) in [6, 6.07) is 9.88. The van der Waals surface area contributed by atoms with Crippen molar-refractivity contribution in [2.75, 3.05) is 19.1 Å². The zero-order valence-electron chi connectivity index (χ0n) is 12.9. The van der Waals surface area contributed by atoms with Gasteiger partial charge in [0.25, 0.3) is 0 Å². The van der Waals surface area contributed by atoms with Gasteiger partial charge in [0.05, 0.1) is 12.8 Å². The Morgan fingerprint density at radius 3 is 2.48 bits per heavy atom. The molecule has 1 amide bonds. The molecule has 0 spiro atoms. The van der Waals surface area contributed by atoms with E-state index in [1.807, 2.05) is 0 Å². The minimum Gasteiger partial charge on any atom is -0.508 e. The molecule has 0 fully saturated rings. The van der Waals surface area contributed by atoms with Crippen molar-refractivity contribution >= 4 is 27.5 Å². The number of hydrogen-bond acceptors (Lipinski definition) is 4. The van der Waals surface area contributed by atoms with Gasteiger partial charge in [0.15, 0.2) is 11.5 Å². The molecule has 6 heteroatoms. The molecule has 0 unspecified atom stereocenters. The molecular weight excluding hydrogens is 362 g/mol. The van der Waals surface area contributed by atoms with Crippen molar-refractivity contribution in [1.29, 1.82) is 0 Å². The largest absolute Gasteiger partial charge is 0.508 e. The smallest absolute Gasteiger partial charge is 0.227 e. The van der Waals surface area contributed by atoms with Gasteiger partial charge in [-0.25, -0.2) is 0 Å². The molecule has 2 aromatic rings. The van der Waals surface area contributed by atoms with Crippen LogP contribution in [0.15, 0.2) is 40.9 Å². The third kappa shape index (κ3) is 4.16. The quantitative estimate of drug-likeness (QED) is 0.834. The molecule has 5 nitrogen and oxygen atoms in total. The van der Waals surface area contributed by atoms with E-state index in [2.05, 4.69) is 15.9 Å². The highest BCUT2D eigenvalue weighted by molar-refractivity contribution is 9.10. The number of amides is 1. The minimum atomic E-state index is -0.0802. The van der Waals surface area contributed by atoms with Crippen LogP contribution in [0.2, 0.25) is 0 Å². The Bertz CT molecular complexity index is 700. The predicted octanol–water partition coefficient (Wildman–Crippen LogP) is 3.46. The zero-order chi connectivity index (χ0) is 17.0. The van der Waals surface area contributed by atoms with Crippen molar-refractivity contribution in [3.05, 3.63) is 46.4 Å². The second-order valence-electron chi connectivity index (χ2n) is 5.09. The van der Waals surface area contributed by atoms with E-state index in [1.54, 1.807) is 37.4 Å². The molecule has 0 aliphatic rings. The van der Waals surface area contributed by atoms with E-state index in [-0.39, 0.29) is 17.4 Å². The number of methoxy groups -OCH3 is 1. The lowest BCUT2D eigenvalue weighted by molar-refractivity contribution is -0.118. The highest BCUT2D eigenvalue weighted by atomic mass is 79.9. The molecule has 0 aromatic heterocycles. The lowest BCUT2D eigenvalue weighted by atomic mass is 10.1. The van der Waals surface area contributed by atoms with Crippen LogP contribution in [0.1, 0.15) is 12.0 Å². The molecule has 0 aliphatic heterocycles. The number of aryl methyl sites for hydroxylation is 1. The van der Waals surface area contributed by atoms with Crippen LogP contribution >= 0.6 is 15.9 Å². The number of hydrogen-bond donors (Lipinski definition) is 2. The summed E-state index contributed by atoms with van der Waals surface area (Å²) in [6.45, 7) is 0. The maximum absolute atomic E-state index is 12.3.